The van der Waals surface area contributed by atoms with Gasteiger partial charge in [-0.1, -0.05) is 60.7 Å². The molecule has 0 saturated carbocycles. The monoisotopic (exact) mass is 323 g/mol. The molecule has 0 aromatic heterocycles. The molecule has 1 fully saturated rings. The van der Waals surface area contributed by atoms with Gasteiger partial charge in [0, 0.05) is 6.54 Å². The molecular weight excluding hydrogens is 298 g/mol. The van der Waals surface area contributed by atoms with Crippen LogP contribution in [-0.2, 0) is 17.6 Å². The average molecular weight is 323 g/mol. The Kier molecular flexibility index (Phi) is 5.65. The number of benzene rings is 2. The number of hydrogen-bond donors (Lipinski definition) is 1. The zero-order valence-corrected chi connectivity index (χ0v) is 14.0. The van der Waals surface area contributed by atoms with E-state index in [4.69, 9.17) is 0 Å². The topological polar surface area (TPSA) is 40.5 Å². The minimum absolute atomic E-state index is 0.306. The third kappa shape index (κ3) is 4.45. The van der Waals surface area contributed by atoms with E-state index in [0.717, 1.165) is 38.8 Å². The first-order valence-electron chi connectivity index (χ1n) is 8.77. The normalized spacial score (nSPS) is 18.1. The van der Waals surface area contributed by atoms with Crippen molar-refractivity contribution in [2.45, 2.75) is 31.7 Å². The van der Waals surface area contributed by atoms with E-state index in [9.17, 15) is 9.90 Å². The van der Waals surface area contributed by atoms with E-state index in [2.05, 4.69) is 53.4 Å². The minimum atomic E-state index is -0.675. The lowest BCUT2D eigenvalue weighted by Crippen LogP contribution is -2.40. The van der Waals surface area contributed by atoms with Gasteiger partial charge in [0.2, 0.25) is 0 Å². The van der Waals surface area contributed by atoms with E-state index >= 15 is 0 Å². The number of hydrogen-bond acceptors (Lipinski definition) is 2. The van der Waals surface area contributed by atoms with Gasteiger partial charge in [-0.05, 0) is 49.3 Å². The van der Waals surface area contributed by atoms with Gasteiger partial charge in [0.05, 0.1) is 0 Å². The van der Waals surface area contributed by atoms with Crippen LogP contribution in [0.2, 0.25) is 0 Å². The molecule has 2 aromatic rings. The van der Waals surface area contributed by atoms with Crippen LogP contribution in [0, 0.1) is 5.92 Å². The molecule has 1 N–H and O–H groups in total. The number of likely N-dealkylation sites (tertiary alicyclic amines) is 1. The predicted molar refractivity (Wildman–Crippen MR) is 96.0 cm³/mol. The summed E-state index contributed by atoms with van der Waals surface area (Å²) >= 11 is 0. The first kappa shape index (κ1) is 16.7. The zero-order chi connectivity index (χ0) is 16.8. The summed E-state index contributed by atoms with van der Waals surface area (Å²) in [5.41, 5.74) is 2.65. The van der Waals surface area contributed by atoms with E-state index in [1.807, 2.05) is 12.1 Å². The van der Waals surface area contributed by atoms with E-state index in [0.29, 0.717) is 5.92 Å². The van der Waals surface area contributed by atoms with Crippen LogP contribution in [0.3, 0.4) is 0 Å². The van der Waals surface area contributed by atoms with Crippen LogP contribution in [0.15, 0.2) is 60.7 Å². The fraction of sp³-hybridized carbons (Fsp3) is 0.381. The molecule has 0 unspecified atom stereocenters. The Morgan fingerprint density at radius 1 is 1.00 bits per heavy atom. The second-order valence-electron chi connectivity index (χ2n) is 6.74. The van der Waals surface area contributed by atoms with E-state index in [1.165, 1.54) is 11.1 Å². The summed E-state index contributed by atoms with van der Waals surface area (Å²) in [4.78, 5) is 13.6. The quantitative estimate of drug-likeness (QED) is 0.846. The van der Waals surface area contributed by atoms with Gasteiger partial charge in [-0.2, -0.15) is 0 Å². The predicted octanol–water partition coefficient (Wildman–Crippen LogP) is 3.64. The molecule has 0 amide bonds. The molecule has 1 heterocycles. The van der Waals surface area contributed by atoms with Crippen molar-refractivity contribution < 1.29 is 9.90 Å². The van der Waals surface area contributed by atoms with Gasteiger partial charge >= 0.3 is 5.97 Å². The maximum atomic E-state index is 11.5. The smallest absolute Gasteiger partial charge is 0.320 e. The lowest BCUT2D eigenvalue weighted by atomic mass is 9.92. The summed E-state index contributed by atoms with van der Waals surface area (Å²) < 4.78 is 0. The van der Waals surface area contributed by atoms with Crippen molar-refractivity contribution in [3.05, 3.63) is 71.8 Å². The molecule has 1 aliphatic heterocycles. The fourth-order valence-corrected chi connectivity index (χ4v) is 3.75. The summed E-state index contributed by atoms with van der Waals surface area (Å²) in [6.45, 7) is 1.75. The third-order valence-electron chi connectivity index (χ3n) is 4.88. The van der Waals surface area contributed by atoms with Crippen molar-refractivity contribution in [1.29, 1.82) is 0 Å². The average Bonchev–Trinajstić information content (AvgIpc) is 3.05. The van der Waals surface area contributed by atoms with Crippen molar-refractivity contribution in [1.82, 2.24) is 4.90 Å². The molecule has 126 valence electrons. The summed E-state index contributed by atoms with van der Waals surface area (Å²) in [5.74, 6) is -0.250. The summed E-state index contributed by atoms with van der Waals surface area (Å²) in [7, 11) is 0. The molecule has 3 nitrogen and oxygen atoms in total. The number of aliphatic carboxylic acids is 1. The van der Waals surface area contributed by atoms with Crippen molar-refractivity contribution in [3.63, 3.8) is 0 Å². The number of rotatable bonds is 7. The summed E-state index contributed by atoms with van der Waals surface area (Å²) in [6, 6.07) is 20.7. The molecule has 3 heteroatoms. The molecule has 24 heavy (non-hydrogen) atoms. The van der Waals surface area contributed by atoms with Crippen molar-refractivity contribution >= 4 is 5.97 Å². The van der Waals surface area contributed by atoms with Gasteiger partial charge in [0.25, 0.3) is 0 Å². The first-order chi connectivity index (χ1) is 11.7. The molecule has 0 aliphatic carbocycles. The van der Waals surface area contributed by atoms with E-state index in [1.54, 1.807) is 0 Å². The molecule has 0 bridgehead atoms. The van der Waals surface area contributed by atoms with Gasteiger partial charge in [-0.25, -0.2) is 0 Å². The molecule has 1 saturated heterocycles. The molecule has 2 aromatic carbocycles. The van der Waals surface area contributed by atoms with Gasteiger partial charge in [0.1, 0.15) is 6.04 Å². The maximum Gasteiger partial charge on any atom is 0.320 e. The van der Waals surface area contributed by atoms with E-state index in [-0.39, 0.29) is 6.04 Å². The summed E-state index contributed by atoms with van der Waals surface area (Å²) in [5, 5.41) is 9.43. The molecule has 1 aliphatic rings. The Balaban J connectivity index is 1.72. The Morgan fingerprint density at radius 2 is 1.54 bits per heavy atom. The van der Waals surface area contributed by atoms with Crippen LogP contribution in [0.5, 0.6) is 0 Å². The molecule has 0 spiro atoms. The van der Waals surface area contributed by atoms with Crippen molar-refractivity contribution in [3.8, 4) is 0 Å². The number of carbonyl (C=O) groups is 1. The maximum absolute atomic E-state index is 11.5. The van der Waals surface area contributed by atoms with Crippen LogP contribution < -0.4 is 0 Å². The van der Waals surface area contributed by atoms with Crippen LogP contribution in [0.4, 0.5) is 0 Å². The molecule has 3 rings (SSSR count). The van der Waals surface area contributed by atoms with Crippen LogP contribution >= 0.6 is 0 Å². The highest BCUT2D eigenvalue weighted by Crippen LogP contribution is 2.23. The Bertz CT molecular complexity index is 600. The third-order valence-corrected chi connectivity index (χ3v) is 4.88. The Morgan fingerprint density at radius 3 is 2.04 bits per heavy atom. The van der Waals surface area contributed by atoms with Gasteiger partial charge in [-0.15, -0.1) is 0 Å². The SMILES string of the molecule is O=C(O)[C@H]1CCCN1CC(Cc1ccccc1)Cc1ccccc1. The fourth-order valence-electron chi connectivity index (χ4n) is 3.75. The highest BCUT2D eigenvalue weighted by Gasteiger charge is 2.31. The number of carboxylic acids is 1. The molecular formula is C21H25NO2. The number of nitrogens with zero attached hydrogens (tertiary/aromatic N) is 1. The summed E-state index contributed by atoms with van der Waals surface area (Å²) in [6.07, 6.45) is 3.73. The van der Waals surface area contributed by atoms with Gasteiger partial charge in [-0.3, -0.25) is 9.69 Å². The second-order valence-corrected chi connectivity index (χ2v) is 6.74. The van der Waals surface area contributed by atoms with Crippen LogP contribution in [0.25, 0.3) is 0 Å². The largest absolute Gasteiger partial charge is 0.480 e. The van der Waals surface area contributed by atoms with Crippen molar-refractivity contribution in [2.24, 2.45) is 5.92 Å². The van der Waals surface area contributed by atoms with Gasteiger partial charge < -0.3 is 5.11 Å². The lowest BCUT2D eigenvalue weighted by Gasteiger charge is -2.27. The highest BCUT2D eigenvalue weighted by atomic mass is 16.4. The Hall–Kier alpha value is -2.13. The van der Waals surface area contributed by atoms with Crippen molar-refractivity contribution in [2.75, 3.05) is 13.1 Å². The number of carboxylic acid groups (broad SMARTS) is 1. The lowest BCUT2D eigenvalue weighted by molar-refractivity contribution is -0.142. The Labute approximate surface area is 143 Å². The van der Waals surface area contributed by atoms with Crippen LogP contribution in [0.1, 0.15) is 24.0 Å². The molecule has 0 radical (unpaired) electrons. The van der Waals surface area contributed by atoms with Crippen LogP contribution in [-0.4, -0.2) is 35.1 Å². The second kappa shape index (κ2) is 8.11. The zero-order valence-electron chi connectivity index (χ0n) is 14.0. The first-order valence-corrected chi connectivity index (χ1v) is 8.77. The molecule has 1 atom stereocenters. The highest BCUT2D eigenvalue weighted by molar-refractivity contribution is 5.73. The minimum Gasteiger partial charge on any atom is -0.480 e. The van der Waals surface area contributed by atoms with Gasteiger partial charge in [0.15, 0.2) is 0 Å². The van der Waals surface area contributed by atoms with E-state index < -0.39 is 5.97 Å². The standard InChI is InChI=1S/C21H25NO2/c23-21(24)20-12-7-13-22(20)16-19(14-17-8-3-1-4-9-17)15-18-10-5-2-6-11-18/h1-6,8-11,19-20H,7,12-16H2,(H,23,24)/t20-/m1/s1.